The molecular weight excluding hydrogens is 624 g/mol. The Labute approximate surface area is 296 Å². The van der Waals surface area contributed by atoms with Gasteiger partial charge in [-0.25, -0.2) is 0 Å². The van der Waals surface area contributed by atoms with E-state index in [1.54, 1.807) is 11.9 Å². The van der Waals surface area contributed by atoms with E-state index in [0.29, 0.717) is 6.42 Å². The number of aliphatic hydroxyl groups is 1. The van der Waals surface area contributed by atoms with Crippen LogP contribution in [0.1, 0.15) is 109 Å². The van der Waals surface area contributed by atoms with Crippen molar-refractivity contribution < 1.29 is 14.7 Å². The first kappa shape index (κ1) is 36.7. The zero-order valence-electron chi connectivity index (χ0n) is 30.0. The van der Waals surface area contributed by atoms with Gasteiger partial charge in [0.15, 0.2) is 0 Å². The van der Waals surface area contributed by atoms with Crippen LogP contribution in [-0.4, -0.2) is 52.5 Å². The monoisotopic (exact) mass is 676 g/mol. The molecule has 0 spiro atoms. The van der Waals surface area contributed by atoms with Crippen LogP contribution in [0.15, 0.2) is 102 Å². The maximum Gasteiger partial charge on any atom is 0.268 e. The fourth-order valence-corrected chi connectivity index (χ4v) is 6.97. The average molecular weight is 677 g/mol. The van der Waals surface area contributed by atoms with Gasteiger partial charge in [0.2, 0.25) is 5.56 Å². The van der Waals surface area contributed by atoms with Crippen molar-refractivity contribution in [2.75, 3.05) is 13.6 Å². The number of aromatic amines is 1. The minimum Gasteiger partial charge on any atom is -0.390 e. The number of carbonyl (C=O) groups excluding carboxylic acids is 2. The molecule has 5 rings (SSSR count). The molecule has 1 aromatic heterocycles. The minimum absolute atomic E-state index is 0.00882. The Morgan fingerprint density at radius 1 is 0.900 bits per heavy atom. The number of amides is 2. The lowest BCUT2D eigenvalue weighted by Gasteiger charge is -2.41. The zero-order valence-corrected chi connectivity index (χ0v) is 30.0. The first-order chi connectivity index (χ1) is 23.9. The van der Waals surface area contributed by atoms with Crippen LogP contribution in [0, 0.1) is 0 Å². The third kappa shape index (κ3) is 8.97. The van der Waals surface area contributed by atoms with Crippen LogP contribution in [0.2, 0.25) is 0 Å². The fraction of sp³-hybridized carbons (Fsp3) is 0.405. The lowest BCUT2D eigenvalue weighted by atomic mass is 9.74. The summed E-state index contributed by atoms with van der Waals surface area (Å²) in [6, 6.07) is 29.8. The molecule has 0 bridgehead atoms. The van der Waals surface area contributed by atoms with E-state index in [4.69, 9.17) is 0 Å². The van der Waals surface area contributed by atoms with Crippen molar-refractivity contribution in [1.29, 1.82) is 0 Å². The van der Waals surface area contributed by atoms with Crippen molar-refractivity contribution in [2.24, 2.45) is 0 Å². The van der Waals surface area contributed by atoms with E-state index >= 15 is 0 Å². The molecule has 8 heteroatoms. The molecule has 4 N–H and O–H groups in total. The molecule has 1 aliphatic carbocycles. The molecule has 1 heterocycles. The molecule has 3 atom stereocenters. The first-order valence-corrected chi connectivity index (χ1v) is 17.8. The van der Waals surface area contributed by atoms with E-state index in [2.05, 4.69) is 60.7 Å². The summed E-state index contributed by atoms with van der Waals surface area (Å²) in [4.78, 5) is 44.2. The van der Waals surface area contributed by atoms with Gasteiger partial charge in [0, 0.05) is 30.8 Å². The quantitative estimate of drug-likeness (QED) is 0.134. The summed E-state index contributed by atoms with van der Waals surface area (Å²) in [5.74, 6) is -0.944. The number of rotatable bonds is 12. The minimum atomic E-state index is -0.946. The first-order valence-electron chi connectivity index (χ1n) is 17.8. The molecule has 0 radical (unpaired) electrons. The smallest absolute Gasteiger partial charge is 0.268 e. The topological polar surface area (TPSA) is 115 Å². The van der Waals surface area contributed by atoms with Gasteiger partial charge in [-0.3, -0.25) is 14.4 Å². The molecule has 4 aromatic rings. The number of H-pyrrole nitrogens is 1. The fourth-order valence-electron chi connectivity index (χ4n) is 6.97. The molecule has 1 aliphatic rings. The van der Waals surface area contributed by atoms with Crippen LogP contribution in [0.3, 0.4) is 0 Å². The Balaban J connectivity index is 1.37. The molecule has 50 heavy (non-hydrogen) atoms. The van der Waals surface area contributed by atoms with Gasteiger partial charge in [0.05, 0.1) is 18.2 Å². The normalized spacial score (nSPS) is 16.2. The van der Waals surface area contributed by atoms with Gasteiger partial charge < -0.3 is 25.6 Å². The van der Waals surface area contributed by atoms with Crippen LogP contribution < -0.4 is 16.2 Å². The summed E-state index contributed by atoms with van der Waals surface area (Å²) < 4.78 is 0. The molecule has 1 saturated carbocycles. The number of carbonyl (C=O) groups is 2. The van der Waals surface area contributed by atoms with Gasteiger partial charge in [-0.15, -0.1) is 0 Å². The van der Waals surface area contributed by atoms with Crippen LogP contribution in [0.4, 0.5) is 0 Å². The van der Waals surface area contributed by atoms with Crippen LogP contribution in [0.25, 0.3) is 0 Å². The Morgan fingerprint density at radius 2 is 1.56 bits per heavy atom. The van der Waals surface area contributed by atoms with Gasteiger partial charge >= 0.3 is 0 Å². The second-order valence-electron chi connectivity index (χ2n) is 14.8. The third-order valence-electron chi connectivity index (χ3n) is 10.2. The predicted molar refractivity (Wildman–Crippen MR) is 199 cm³/mol. The van der Waals surface area contributed by atoms with E-state index in [0.717, 1.165) is 36.8 Å². The average Bonchev–Trinajstić information content (AvgIpc) is 3.13. The standard InChI is InChI=1S/C42H52N4O4/c1-29(31-18-11-7-12-19-31)46(5)40(50)32-25-36(44-38(48)26-32)39(49)45-35(24-30-16-9-6-10-17-30)37(47)28-43-42(22-13-8-14-23-42)34-21-15-20-33(27-34)41(2,3)4/h6-7,9-12,15-21,25-27,29,35,37,43,47H,8,13-14,22-24,28H2,1-5H3,(H,44,48)(H,45,49)/t29-,35+,37-/m1/s1. The van der Waals surface area contributed by atoms with Gasteiger partial charge in [0.25, 0.3) is 11.8 Å². The number of aliphatic hydroxyl groups excluding tert-OH is 1. The second-order valence-corrected chi connectivity index (χ2v) is 14.8. The second kappa shape index (κ2) is 16.0. The van der Waals surface area contributed by atoms with Gasteiger partial charge in [-0.2, -0.15) is 0 Å². The number of benzene rings is 3. The summed E-state index contributed by atoms with van der Waals surface area (Å²) in [6.45, 7) is 8.83. The summed E-state index contributed by atoms with van der Waals surface area (Å²) in [6.07, 6.45) is 4.72. The summed E-state index contributed by atoms with van der Waals surface area (Å²) in [5, 5.41) is 18.5. The van der Waals surface area contributed by atoms with Crippen LogP contribution >= 0.6 is 0 Å². The van der Waals surface area contributed by atoms with Crippen molar-refractivity contribution in [3.8, 4) is 0 Å². The van der Waals surface area contributed by atoms with E-state index in [1.165, 1.54) is 29.7 Å². The van der Waals surface area contributed by atoms with Crippen LogP contribution in [0.5, 0.6) is 0 Å². The highest BCUT2D eigenvalue weighted by Gasteiger charge is 2.36. The molecule has 0 unspecified atom stereocenters. The number of hydrogen-bond donors (Lipinski definition) is 4. The molecule has 1 fully saturated rings. The van der Waals surface area contributed by atoms with E-state index in [1.807, 2.05) is 67.6 Å². The summed E-state index contributed by atoms with van der Waals surface area (Å²) >= 11 is 0. The maximum absolute atomic E-state index is 13.8. The Hall–Kier alpha value is -4.53. The molecule has 0 aliphatic heterocycles. The van der Waals surface area contributed by atoms with Crippen LogP contribution in [-0.2, 0) is 17.4 Å². The maximum atomic E-state index is 13.8. The van der Waals surface area contributed by atoms with Crippen molar-refractivity contribution in [3.63, 3.8) is 0 Å². The molecule has 2 amide bonds. The highest BCUT2D eigenvalue weighted by Crippen LogP contribution is 2.38. The highest BCUT2D eigenvalue weighted by atomic mass is 16.3. The van der Waals surface area contributed by atoms with Crippen molar-refractivity contribution in [3.05, 3.63) is 141 Å². The van der Waals surface area contributed by atoms with E-state index in [9.17, 15) is 19.5 Å². The van der Waals surface area contributed by atoms with Gasteiger partial charge in [-0.05, 0) is 59.9 Å². The Kier molecular flexibility index (Phi) is 11.8. The number of nitrogens with zero attached hydrogens (tertiary/aromatic N) is 1. The Morgan fingerprint density at radius 3 is 2.22 bits per heavy atom. The Bertz CT molecular complexity index is 1790. The van der Waals surface area contributed by atoms with Crippen molar-refractivity contribution in [2.45, 2.75) is 95.4 Å². The summed E-state index contributed by atoms with van der Waals surface area (Å²) in [5.41, 5.74) is 3.65. The molecule has 0 saturated heterocycles. The SMILES string of the molecule is C[C@H](c1ccccc1)N(C)C(=O)c1cc(C(=O)N[C@@H](Cc2ccccc2)[C@H](O)CNC2(c3cccc(C(C)(C)C)c3)CCCCC2)[nH]c(=O)c1. The summed E-state index contributed by atoms with van der Waals surface area (Å²) in [7, 11) is 1.68. The number of nitrogens with one attached hydrogen (secondary N) is 3. The number of hydrogen-bond acceptors (Lipinski definition) is 5. The number of pyridine rings is 1. The molecule has 3 aromatic carbocycles. The van der Waals surface area contributed by atoms with Gasteiger partial charge in [0.1, 0.15) is 5.69 Å². The zero-order chi connectivity index (χ0) is 35.9. The molecule has 8 nitrogen and oxygen atoms in total. The number of aromatic nitrogens is 1. The molecular formula is C42H52N4O4. The lowest BCUT2D eigenvalue weighted by molar-refractivity contribution is 0.0742. The van der Waals surface area contributed by atoms with Crippen molar-refractivity contribution >= 4 is 11.8 Å². The van der Waals surface area contributed by atoms with E-state index < -0.39 is 23.6 Å². The lowest BCUT2D eigenvalue weighted by Crippen LogP contribution is -2.53. The largest absolute Gasteiger partial charge is 0.390 e. The molecule has 264 valence electrons. The predicted octanol–water partition coefficient (Wildman–Crippen LogP) is 6.66. The van der Waals surface area contributed by atoms with Gasteiger partial charge in [-0.1, -0.05) is 125 Å². The van der Waals surface area contributed by atoms with E-state index in [-0.39, 0.29) is 40.7 Å². The highest BCUT2D eigenvalue weighted by molar-refractivity contribution is 5.98. The van der Waals surface area contributed by atoms with Crippen molar-refractivity contribution in [1.82, 2.24) is 20.5 Å². The third-order valence-corrected chi connectivity index (χ3v) is 10.2.